The highest BCUT2D eigenvalue weighted by Crippen LogP contribution is 2.16. The summed E-state index contributed by atoms with van der Waals surface area (Å²) in [6, 6.07) is 7.01. The molecule has 5 nitrogen and oxygen atoms in total. The lowest BCUT2D eigenvalue weighted by molar-refractivity contribution is -0.136. The van der Waals surface area contributed by atoms with Gasteiger partial charge in [-0.15, -0.1) is 0 Å². The first-order chi connectivity index (χ1) is 10.6. The van der Waals surface area contributed by atoms with Crippen molar-refractivity contribution >= 4 is 17.5 Å². The number of anilines is 1. The lowest BCUT2D eigenvalue weighted by atomic mass is 10.2. The van der Waals surface area contributed by atoms with Gasteiger partial charge in [-0.1, -0.05) is 26.7 Å². The predicted molar refractivity (Wildman–Crippen MR) is 88.0 cm³/mol. The van der Waals surface area contributed by atoms with Crippen LogP contribution in [0.15, 0.2) is 24.3 Å². The molecule has 0 aliphatic heterocycles. The Morgan fingerprint density at radius 2 is 1.77 bits per heavy atom. The van der Waals surface area contributed by atoms with E-state index in [9.17, 15) is 9.59 Å². The van der Waals surface area contributed by atoms with E-state index in [4.69, 9.17) is 4.74 Å². The maximum atomic E-state index is 11.7. The van der Waals surface area contributed by atoms with Crippen LogP contribution < -0.4 is 15.4 Å². The van der Waals surface area contributed by atoms with Crippen molar-refractivity contribution in [1.29, 1.82) is 0 Å². The highest BCUT2D eigenvalue weighted by molar-refractivity contribution is 6.39. The van der Waals surface area contributed by atoms with Crippen molar-refractivity contribution in [2.24, 2.45) is 0 Å². The Labute approximate surface area is 132 Å². The summed E-state index contributed by atoms with van der Waals surface area (Å²) in [5, 5.41) is 5.19. The van der Waals surface area contributed by atoms with E-state index < -0.39 is 11.8 Å². The summed E-state index contributed by atoms with van der Waals surface area (Å²) < 4.78 is 5.59. The minimum Gasteiger partial charge on any atom is -0.494 e. The number of carbonyl (C=O) groups is 2. The number of rotatable bonds is 8. The summed E-state index contributed by atoms with van der Waals surface area (Å²) in [7, 11) is 0. The monoisotopic (exact) mass is 306 g/mol. The molecule has 1 atom stereocenters. The van der Waals surface area contributed by atoms with Crippen LogP contribution in [0.4, 0.5) is 5.69 Å². The van der Waals surface area contributed by atoms with E-state index >= 15 is 0 Å². The Bertz CT molecular complexity index is 471. The number of unbranched alkanes of at least 4 members (excludes halogenated alkanes) is 2. The lowest BCUT2D eigenvalue weighted by Gasteiger charge is -2.11. The number of hydrogen-bond acceptors (Lipinski definition) is 3. The SMILES string of the molecule is CCCCCOc1ccc(NC(=O)C(=O)N[C@@H](C)CC)cc1. The van der Waals surface area contributed by atoms with Crippen LogP contribution in [-0.2, 0) is 9.59 Å². The van der Waals surface area contributed by atoms with E-state index in [0.717, 1.165) is 31.4 Å². The number of carbonyl (C=O) groups excluding carboxylic acids is 2. The first kappa shape index (κ1) is 18.0. The number of amides is 2. The Hall–Kier alpha value is -2.04. The van der Waals surface area contributed by atoms with Crippen molar-refractivity contribution in [1.82, 2.24) is 5.32 Å². The standard InChI is InChI=1S/C17H26N2O3/c1-4-6-7-12-22-15-10-8-14(9-11-15)19-17(21)16(20)18-13(3)5-2/h8-11,13H,4-7,12H2,1-3H3,(H,18,20)(H,19,21)/t13-/m0/s1. The van der Waals surface area contributed by atoms with Gasteiger partial charge in [0.15, 0.2) is 0 Å². The molecular formula is C17H26N2O3. The average molecular weight is 306 g/mol. The molecule has 2 N–H and O–H groups in total. The molecule has 0 saturated carbocycles. The van der Waals surface area contributed by atoms with Gasteiger partial charge in [0.05, 0.1) is 6.61 Å². The fourth-order valence-electron chi connectivity index (χ4n) is 1.76. The van der Waals surface area contributed by atoms with E-state index in [0.29, 0.717) is 12.3 Å². The normalized spacial score (nSPS) is 11.6. The molecule has 0 bridgehead atoms. The quantitative estimate of drug-likeness (QED) is 0.573. The van der Waals surface area contributed by atoms with E-state index in [1.54, 1.807) is 24.3 Å². The molecule has 0 spiro atoms. The van der Waals surface area contributed by atoms with Crippen molar-refractivity contribution in [3.8, 4) is 5.75 Å². The van der Waals surface area contributed by atoms with Crippen molar-refractivity contribution in [3.05, 3.63) is 24.3 Å². The van der Waals surface area contributed by atoms with Crippen molar-refractivity contribution in [2.45, 2.75) is 52.5 Å². The van der Waals surface area contributed by atoms with E-state index in [-0.39, 0.29) is 6.04 Å². The fraction of sp³-hybridized carbons (Fsp3) is 0.529. The third-order valence-electron chi connectivity index (χ3n) is 3.32. The summed E-state index contributed by atoms with van der Waals surface area (Å²) in [6.45, 7) is 6.64. The number of hydrogen-bond donors (Lipinski definition) is 2. The smallest absolute Gasteiger partial charge is 0.313 e. The number of ether oxygens (including phenoxy) is 1. The van der Waals surface area contributed by atoms with E-state index in [1.807, 2.05) is 13.8 Å². The first-order valence-electron chi connectivity index (χ1n) is 7.91. The fourth-order valence-corrected chi connectivity index (χ4v) is 1.76. The minimum absolute atomic E-state index is 0.0165. The summed E-state index contributed by atoms with van der Waals surface area (Å²) in [6.07, 6.45) is 4.13. The summed E-state index contributed by atoms with van der Waals surface area (Å²) in [5.74, 6) is -0.510. The third-order valence-corrected chi connectivity index (χ3v) is 3.32. The van der Waals surface area contributed by atoms with Gasteiger partial charge in [-0.05, 0) is 44.0 Å². The number of nitrogens with one attached hydrogen (secondary N) is 2. The van der Waals surface area contributed by atoms with Gasteiger partial charge in [0, 0.05) is 11.7 Å². The molecule has 122 valence electrons. The summed E-state index contributed by atoms with van der Waals surface area (Å²) in [5.41, 5.74) is 0.574. The first-order valence-corrected chi connectivity index (χ1v) is 7.91. The number of benzene rings is 1. The molecule has 1 aromatic carbocycles. The van der Waals surface area contributed by atoms with Crippen LogP contribution in [0.1, 0.15) is 46.5 Å². The Balaban J connectivity index is 2.43. The van der Waals surface area contributed by atoms with E-state index in [1.165, 1.54) is 0 Å². The Morgan fingerprint density at radius 1 is 1.09 bits per heavy atom. The van der Waals surface area contributed by atoms with Crippen LogP contribution >= 0.6 is 0 Å². The van der Waals surface area contributed by atoms with Gasteiger partial charge in [0.2, 0.25) is 0 Å². The maximum Gasteiger partial charge on any atom is 0.313 e. The zero-order chi connectivity index (χ0) is 16.4. The molecule has 2 amide bonds. The highest BCUT2D eigenvalue weighted by atomic mass is 16.5. The lowest BCUT2D eigenvalue weighted by Crippen LogP contribution is -2.40. The molecular weight excluding hydrogens is 280 g/mol. The molecule has 0 aromatic heterocycles. The zero-order valence-electron chi connectivity index (χ0n) is 13.6. The van der Waals surface area contributed by atoms with Crippen molar-refractivity contribution in [2.75, 3.05) is 11.9 Å². The van der Waals surface area contributed by atoms with Gasteiger partial charge in [-0.2, -0.15) is 0 Å². The molecule has 0 aliphatic carbocycles. The molecule has 22 heavy (non-hydrogen) atoms. The molecule has 1 rings (SSSR count). The molecule has 1 aromatic rings. The maximum absolute atomic E-state index is 11.7. The zero-order valence-corrected chi connectivity index (χ0v) is 13.6. The highest BCUT2D eigenvalue weighted by Gasteiger charge is 2.15. The minimum atomic E-state index is -0.656. The van der Waals surface area contributed by atoms with Gasteiger partial charge in [-0.3, -0.25) is 9.59 Å². The second-order valence-corrected chi connectivity index (χ2v) is 5.32. The molecule has 0 unspecified atom stereocenters. The third kappa shape index (κ3) is 6.61. The second kappa shape index (κ2) is 9.82. The topological polar surface area (TPSA) is 67.4 Å². The van der Waals surface area contributed by atoms with Gasteiger partial charge in [0.1, 0.15) is 5.75 Å². The molecule has 0 saturated heterocycles. The Morgan fingerprint density at radius 3 is 2.36 bits per heavy atom. The van der Waals surface area contributed by atoms with Crippen molar-refractivity contribution < 1.29 is 14.3 Å². The van der Waals surface area contributed by atoms with Crippen LogP contribution in [0.25, 0.3) is 0 Å². The van der Waals surface area contributed by atoms with Gasteiger partial charge < -0.3 is 15.4 Å². The van der Waals surface area contributed by atoms with Gasteiger partial charge >= 0.3 is 11.8 Å². The molecule has 0 radical (unpaired) electrons. The van der Waals surface area contributed by atoms with Crippen LogP contribution in [-0.4, -0.2) is 24.5 Å². The van der Waals surface area contributed by atoms with Crippen LogP contribution in [0.3, 0.4) is 0 Å². The summed E-state index contributed by atoms with van der Waals surface area (Å²) >= 11 is 0. The second-order valence-electron chi connectivity index (χ2n) is 5.32. The van der Waals surface area contributed by atoms with Crippen LogP contribution in [0, 0.1) is 0 Å². The summed E-state index contributed by atoms with van der Waals surface area (Å²) in [4.78, 5) is 23.4. The average Bonchev–Trinajstić information content (AvgIpc) is 2.52. The van der Waals surface area contributed by atoms with Gasteiger partial charge in [0.25, 0.3) is 0 Å². The molecule has 5 heteroatoms. The largest absolute Gasteiger partial charge is 0.494 e. The Kier molecular flexibility index (Phi) is 8.04. The van der Waals surface area contributed by atoms with Crippen LogP contribution in [0.5, 0.6) is 5.75 Å². The van der Waals surface area contributed by atoms with E-state index in [2.05, 4.69) is 17.6 Å². The molecule has 0 heterocycles. The predicted octanol–water partition coefficient (Wildman–Crippen LogP) is 3.11. The van der Waals surface area contributed by atoms with Crippen LogP contribution in [0.2, 0.25) is 0 Å². The van der Waals surface area contributed by atoms with Crippen molar-refractivity contribution in [3.63, 3.8) is 0 Å². The molecule has 0 aliphatic rings. The van der Waals surface area contributed by atoms with Gasteiger partial charge in [-0.25, -0.2) is 0 Å². The molecule has 0 fully saturated rings.